The van der Waals surface area contributed by atoms with E-state index in [2.05, 4.69) is 44.0 Å². The van der Waals surface area contributed by atoms with Crippen LogP contribution >= 0.6 is 0 Å². The maximum atomic E-state index is 12.8. The Morgan fingerprint density at radius 1 is 0.806 bits per heavy atom. The van der Waals surface area contributed by atoms with Crippen LogP contribution in [0.3, 0.4) is 0 Å². The first kappa shape index (κ1) is 21.4. The minimum atomic E-state index is 0.0651. The lowest BCUT2D eigenvalue weighted by Gasteiger charge is -2.36. The summed E-state index contributed by atoms with van der Waals surface area (Å²) < 4.78 is 5.46. The van der Waals surface area contributed by atoms with E-state index in [1.54, 1.807) is 0 Å². The van der Waals surface area contributed by atoms with Crippen LogP contribution in [-0.4, -0.2) is 91.4 Å². The van der Waals surface area contributed by atoms with Gasteiger partial charge in [-0.15, -0.1) is 10.2 Å². The average molecular weight is 425 g/mol. The van der Waals surface area contributed by atoms with E-state index >= 15 is 0 Å². The van der Waals surface area contributed by atoms with E-state index in [1.807, 2.05) is 36.1 Å². The van der Waals surface area contributed by atoms with Gasteiger partial charge in [0.15, 0.2) is 11.6 Å². The molecule has 0 unspecified atom stereocenters. The van der Waals surface area contributed by atoms with Gasteiger partial charge in [-0.2, -0.15) is 0 Å². The molecule has 31 heavy (non-hydrogen) atoms. The zero-order chi connectivity index (χ0) is 21.6. The lowest BCUT2D eigenvalue weighted by Crippen LogP contribution is -2.49. The molecule has 0 saturated carbocycles. The quantitative estimate of drug-likeness (QED) is 0.703. The van der Waals surface area contributed by atoms with Crippen LogP contribution in [0.25, 0.3) is 0 Å². The fraction of sp³-hybridized carbons (Fsp3) is 0.522. The Labute approximate surface area is 184 Å². The Hall–Kier alpha value is -2.87. The first-order valence-electron chi connectivity index (χ1n) is 11.3. The first-order valence-corrected chi connectivity index (χ1v) is 11.3. The Balaban J connectivity index is 1.30. The normalized spacial score (nSPS) is 17.7. The van der Waals surface area contributed by atoms with E-state index in [0.717, 1.165) is 63.2 Å². The molecule has 0 bridgehead atoms. The molecule has 0 spiro atoms. The summed E-state index contributed by atoms with van der Waals surface area (Å²) in [5.74, 6) is 2.68. The molecule has 0 N–H and O–H groups in total. The molecule has 3 heterocycles. The van der Waals surface area contributed by atoms with Gasteiger partial charge < -0.3 is 24.3 Å². The molecule has 1 aromatic carbocycles. The molecular formula is C23H32N6O2. The fourth-order valence-corrected chi connectivity index (χ4v) is 4.13. The van der Waals surface area contributed by atoms with E-state index in [-0.39, 0.29) is 5.91 Å². The topological polar surface area (TPSA) is 65.0 Å². The van der Waals surface area contributed by atoms with E-state index in [1.165, 1.54) is 0 Å². The molecule has 2 saturated heterocycles. The number of hydrogen-bond acceptors (Lipinski definition) is 7. The number of anilines is 2. The third kappa shape index (κ3) is 5.07. The van der Waals surface area contributed by atoms with E-state index in [0.29, 0.717) is 25.3 Å². The summed E-state index contributed by atoms with van der Waals surface area (Å²) in [5, 5.41) is 8.95. The minimum absolute atomic E-state index is 0.0651. The van der Waals surface area contributed by atoms with Gasteiger partial charge in [0.05, 0.1) is 6.61 Å². The van der Waals surface area contributed by atoms with Crippen LogP contribution in [0.4, 0.5) is 11.6 Å². The fourth-order valence-electron chi connectivity index (χ4n) is 4.13. The number of ether oxygens (including phenoxy) is 1. The molecule has 2 fully saturated rings. The predicted molar refractivity (Wildman–Crippen MR) is 122 cm³/mol. The summed E-state index contributed by atoms with van der Waals surface area (Å²) in [6.07, 6.45) is 0. The molecule has 4 rings (SSSR count). The lowest BCUT2D eigenvalue weighted by atomic mass is 10.1. The number of aromatic nitrogens is 2. The van der Waals surface area contributed by atoms with Crippen LogP contribution in [0.2, 0.25) is 0 Å². The summed E-state index contributed by atoms with van der Waals surface area (Å²) in [6.45, 7) is 12.9. The number of likely N-dealkylation sites (N-methyl/N-ethyl adjacent to an activating group) is 1. The highest BCUT2D eigenvalue weighted by Gasteiger charge is 2.24. The average Bonchev–Trinajstić information content (AvgIpc) is 2.85. The van der Waals surface area contributed by atoms with E-state index < -0.39 is 0 Å². The van der Waals surface area contributed by atoms with Crippen LogP contribution in [0.1, 0.15) is 24.2 Å². The maximum Gasteiger partial charge on any atom is 0.253 e. The summed E-state index contributed by atoms with van der Waals surface area (Å²) >= 11 is 0. The number of nitrogens with zero attached hydrogens (tertiary/aromatic N) is 6. The Kier molecular flexibility index (Phi) is 6.86. The van der Waals surface area contributed by atoms with Gasteiger partial charge in [0, 0.05) is 57.9 Å². The molecule has 2 aliphatic heterocycles. The van der Waals surface area contributed by atoms with Gasteiger partial charge in [-0.3, -0.25) is 4.79 Å². The van der Waals surface area contributed by atoms with Crippen molar-refractivity contribution >= 4 is 17.5 Å². The third-order valence-electron chi connectivity index (χ3n) is 6.08. The van der Waals surface area contributed by atoms with E-state index in [4.69, 9.17) is 4.74 Å². The molecule has 166 valence electrons. The molecule has 0 aliphatic carbocycles. The molecule has 1 aromatic heterocycles. The van der Waals surface area contributed by atoms with Crippen molar-refractivity contribution in [2.45, 2.75) is 13.8 Å². The highest BCUT2D eigenvalue weighted by molar-refractivity contribution is 5.94. The zero-order valence-corrected chi connectivity index (χ0v) is 18.5. The first-order chi connectivity index (χ1) is 15.2. The van der Waals surface area contributed by atoms with E-state index in [9.17, 15) is 4.79 Å². The lowest BCUT2D eigenvalue weighted by molar-refractivity contribution is 0.0746. The summed E-state index contributed by atoms with van der Waals surface area (Å²) in [7, 11) is 0. The third-order valence-corrected chi connectivity index (χ3v) is 6.08. The number of carbonyl (C=O) groups is 1. The molecule has 1 amide bonds. The van der Waals surface area contributed by atoms with Gasteiger partial charge >= 0.3 is 0 Å². The van der Waals surface area contributed by atoms with Gasteiger partial charge in [-0.05, 0) is 49.9 Å². The van der Waals surface area contributed by atoms with Crippen molar-refractivity contribution in [1.82, 2.24) is 20.0 Å². The maximum absolute atomic E-state index is 12.8. The van der Waals surface area contributed by atoms with Crippen LogP contribution in [0, 0.1) is 0 Å². The number of hydrogen-bond donors (Lipinski definition) is 0. The molecule has 8 nitrogen and oxygen atoms in total. The Morgan fingerprint density at radius 3 is 1.84 bits per heavy atom. The zero-order valence-electron chi connectivity index (χ0n) is 18.5. The van der Waals surface area contributed by atoms with Crippen molar-refractivity contribution in [2.24, 2.45) is 0 Å². The highest BCUT2D eigenvalue weighted by Crippen LogP contribution is 2.19. The van der Waals surface area contributed by atoms with Crippen molar-refractivity contribution < 1.29 is 9.53 Å². The van der Waals surface area contributed by atoms with Crippen molar-refractivity contribution in [3.05, 3.63) is 42.0 Å². The smallest absolute Gasteiger partial charge is 0.253 e. The van der Waals surface area contributed by atoms with Gasteiger partial charge in [0.25, 0.3) is 5.91 Å². The van der Waals surface area contributed by atoms with Crippen LogP contribution in [-0.2, 0) is 0 Å². The van der Waals surface area contributed by atoms with Crippen LogP contribution < -0.4 is 14.5 Å². The van der Waals surface area contributed by atoms with Gasteiger partial charge in [0.2, 0.25) is 0 Å². The molecule has 2 aliphatic rings. The summed E-state index contributed by atoms with van der Waals surface area (Å²) in [4.78, 5) is 21.7. The predicted octanol–water partition coefficient (Wildman–Crippen LogP) is 1.98. The Bertz CT molecular complexity index is 841. The number of piperazine rings is 2. The monoisotopic (exact) mass is 424 g/mol. The summed E-state index contributed by atoms with van der Waals surface area (Å²) in [5.41, 5.74) is 0.698. The number of amides is 1. The van der Waals surface area contributed by atoms with Crippen molar-refractivity contribution in [1.29, 1.82) is 0 Å². The van der Waals surface area contributed by atoms with Crippen LogP contribution in [0.15, 0.2) is 36.4 Å². The van der Waals surface area contributed by atoms with Crippen molar-refractivity contribution in [2.75, 3.05) is 75.3 Å². The van der Waals surface area contributed by atoms with Gasteiger partial charge in [-0.1, -0.05) is 6.92 Å². The molecule has 8 heteroatoms. The van der Waals surface area contributed by atoms with Crippen molar-refractivity contribution in [3.8, 4) is 5.75 Å². The number of carbonyl (C=O) groups excluding carboxylic acids is 1. The highest BCUT2D eigenvalue weighted by atomic mass is 16.5. The molecule has 0 radical (unpaired) electrons. The molecule has 0 atom stereocenters. The summed E-state index contributed by atoms with van der Waals surface area (Å²) in [6, 6.07) is 11.5. The minimum Gasteiger partial charge on any atom is -0.494 e. The number of benzene rings is 1. The number of rotatable bonds is 6. The van der Waals surface area contributed by atoms with Crippen molar-refractivity contribution in [3.63, 3.8) is 0 Å². The second-order valence-electron chi connectivity index (χ2n) is 7.91. The Morgan fingerprint density at radius 2 is 1.35 bits per heavy atom. The second kappa shape index (κ2) is 9.96. The SMILES string of the molecule is CCOc1ccc(C(=O)N2CCN(c3ccc(N4CCN(CC)CC4)nn3)CC2)cc1. The van der Waals surface area contributed by atoms with Gasteiger partial charge in [-0.25, -0.2) is 0 Å². The van der Waals surface area contributed by atoms with Gasteiger partial charge in [0.1, 0.15) is 5.75 Å². The largest absolute Gasteiger partial charge is 0.494 e. The van der Waals surface area contributed by atoms with Crippen LogP contribution in [0.5, 0.6) is 5.75 Å². The standard InChI is InChI=1S/C23H32N6O2/c1-3-26-11-13-27(14-12-26)21-9-10-22(25-24-21)28-15-17-29(18-16-28)23(30)19-5-7-20(8-6-19)31-4-2/h5-10H,3-4,11-18H2,1-2H3. The molecule has 2 aromatic rings. The molecular weight excluding hydrogens is 392 g/mol. The second-order valence-corrected chi connectivity index (χ2v) is 7.91.